The van der Waals surface area contributed by atoms with Gasteiger partial charge in [-0.15, -0.1) is 0 Å². The van der Waals surface area contributed by atoms with E-state index in [1.165, 1.54) is 18.4 Å². The SMILES string of the molecule is O=C(OCCC1CC1)C1CNc2ccccc2C1. The molecule has 0 bridgehead atoms. The summed E-state index contributed by atoms with van der Waals surface area (Å²) in [7, 11) is 0. The molecular formula is C15H19NO2. The number of hydrogen-bond donors (Lipinski definition) is 1. The van der Waals surface area contributed by atoms with Gasteiger partial charge in [-0.2, -0.15) is 0 Å². The van der Waals surface area contributed by atoms with E-state index in [9.17, 15) is 4.79 Å². The van der Waals surface area contributed by atoms with Crippen molar-refractivity contribution in [1.82, 2.24) is 0 Å². The lowest BCUT2D eigenvalue weighted by molar-refractivity contribution is -0.148. The molecule has 3 heteroatoms. The van der Waals surface area contributed by atoms with Gasteiger partial charge in [0, 0.05) is 12.2 Å². The number of benzene rings is 1. The molecule has 1 aliphatic carbocycles. The Morgan fingerprint density at radius 1 is 1.33 bits per heavy atom. The summed E-state index contributed by atoms with van der Waals surface area (Å²) < 4.78 is 5.37. The first-order valence-electron chi connectivity index (χ1n) is 6.81. The van der Waals surface area contributed by atoms with Gasteiger partial charge in [0.25, 0.3) is 0 Å². The molecule has 1 unspecified atom stereocenters. The first-order chi connectivity index (χ1) is 8.83. The number of ether oxygens (including phenoxy) is 1. The van der Waals surface area contributed by atoms with E-state index in [4.69, 9.17) is 4.74 Å². The molecule has 96 valence electrons. The summed E-state index contributed by atoms with van der Waals surface area (Å²) >= 11 is 0. The monoisotopic (exact) mass is 245 g/mol. The van der Waals surface area contributed by atoms with Crippen LogP contribution in [-0.2, 0) is 16.0 Å². The van der Waals surface area contributed by atoms with Crippen molar-refractivity contribution in [1.29, 1.82) is 0 Å². The van der Waals surface area contributed by atoms with E-state index in [1.807, 2.05) is 12.1 Å². The van der Waals surface area contributed by atoms with Crippen LogP contribution >= 0.6 is 0 Å². The molecule has 1 saturated carbocycles. The summed E-state index contributed by atoms with van der Waals surface area (Å²) in [4.78, 5) is 11.9. The lowest BCUT2D eigenvalue weighted by Crippen LogP contribution is -2.31. The maximum Gasteiger partial charge on any atom is 0.311 e. The van der Waals surface area contributed by atoms with E-state index in [0.717, 1.165) is 24.4 Å². The third-order valence-corrected chi connectivity index (χ3v) is 3.82. The molecule has 0 radical (unpaired) electrons. The third-order valence-electron chi connectivity index (χ3n) is 3.82. The number of carbonyl (C=O) groups is 1. The highest BCUT2D eigenvalue weighted by Gasteiger charge is 2.26. The van der Waals surface area contributed by atoms with Crippen LogP contribution in [0.15, 0.2) is 24.3 Å². The zero-order valence-corrected chi connectivity index (χ0v) is 10.5. The summed E-state index contributed by atoms with van der Waals surface area (Å²) in [6.07, 6.45) is 4.47. The molecule has 0 amide bonds. The lowest BCUT2D eigenvalue weighted by atomic mass is 9.94. The molecule has 1 heterocycles. The van der Waals surface area contributed by atoms with Crippen molar-refractivity contribution >= 4 is 11.7 Å². The zero-order chi connectivity index (χ0) is 12.4. The number of rotatable bonds is 4. The fourth-order valence-electron chi connectivity index (χ4n) is 2.46. The summed E-state index contributed by atoms with van der Waals surface area (Å²) in [6, 6.07) is 8.16. The summed E-state index contributed by atoms with van der Waals surface area (Å²) in [5, 5.41) is 3.30. The van der Waals surface area contributed by atoms with Gasteiger partial charge < -0.3 is 10.1 Å². The van der Waals surface area contributed by atoms with Gasteiger partial charge in [0.05, 0.1) is 12.5 Å². The zero-order valence-electron chi connectivity index (χ0n) is 10.5. The Bertz CT molecular complexity index is 440. The Labute approximate surface area is 108 Å². The second-order valence-electron chi connectivity index (χ2n) is 5.34. The van der Waals surface area contributed by atoms with Gasteiger partial charge in [-0.3, -0.25) is 4.79 Å². The van der Waals surface area contributed by atoms with Crippen molar-refractivity contribution in [3.05, 3.63) is 29.8 Å². The summed E-state index contributed by atoms with van der Waals surface area (Å²) in [6.45, 7) is 1.29. The molecule has 2 aliphatic rings. The van der Waals surface area contributed by atoms with Crippen LogP contribution in [0.2, 0.25) is 0 Å². The van der Waals surface area contributed by atoms with Crippen molar-refractivity contribution in [3.63, 3.8) is 0 Å². The maximum absolute atomic E-state index is 11.9. The van der Waals surface area contributed by atoms with E-state index in [0.29, 0.717) is 13.2 Å². The van der Waals surface area contributed by atoms with E-state index < -0.39 is 0 Å². The average Bonchev–Trinajstić information content (AvgIpc) is 3.22. The van der Waals surface area contributed by atoms with Crippen LogP contribution in [0.3, 0.4) is 0 Å². The second-order valence-corrected chi connectivity index (χ2v) is 5.34. The molecule has 0 saturated heterocycles. The molecule has 1 aromatic carbocycles. The van der Waals surface area contributed by atoms with Crippen LogP contribution in [0.5, 0.6) is 0 Å². The number of para-hydroxylation sites is 1. The summed E-state index contributed by atoms with van der Waals surface area (Å²) in [5.74, 6) is 0.750. The number of anilines is 1. The highest BCUT2D eigenvalue weighted by molar-refractivity contribution is 5.75. The standard InChI is InChI=1S/C15H19NO2/c17-15(18-8-7-11-5-6-11)13-9-12-3-1-2-4-14(12)16-10-13/h1-4,11,13,16H,5-10H2. The Morgan fingerprint density at radius 2 is 2.17 bits per heavy atom. The fraction of sp³-hybridized carbons (Fsp3) is 0.533. The molecule has 1 fully saturated rings. The topological polar surface area (TPSA) is 38.3 Å². The molecule has 3 rings (SSSR count). The minimum atomic E-state index is -0.0438. The molecule has 0 aromatic heterocycles. The number of fused-ring (bicyclic) bond motifs is 1. The van der Waals surface area contributed by atoms with Gasteiger partial charge >= 0.3 is 5.97 Å². The lowest BCUT2D eigenvalue weighted by Gasteiger charge is -2.24. The average molecular weight is 245 g/mol. The van der Waals surface area contributed by atoms with Crippen molar-refractivity contribution < 1.29 is 9.53 Å². The molecule has 1 atom stereocenters. The van der Waals surface area contributed by atoms with Crippen molar-refractivity contribution in [2.75, 3.05) is 18.5 Å². The van der Waals surface area contributed by atoms with Crippen LogP contribution in [0.25, 0.3) is 0 Å². The molecule has 18 heavy (non-hydrogen) atoms. The minimum Gasteiger partial charge on any atom is -0.465 e. The largest absolute Gasteiger partial charge is 0.465 e. The second kappa shape index (κ2) is 5.01. The van der Waals surface area contributed by atoms with Gasteiger partial charge in [-0.05, 0) is 30.4 Å². The van der Waals surface area contributed by atoms with Gasteiger partial charge in [0.2, 0.25) is 0 Å². The minimum absolute atomic E-state index is 0.0286. The van der Waals surface area contributed by atoms with E-state index in [2.05, 4.69) is 17.4 Å². The van der Waals surface area contributed by atoms with Crippen molar-refractivity contribution in [3.8, 4) is 0 Å². The van der Waals surface area contributed by atoms with E-state index in [1.54, 1.807) is 0 Å². The first-order valence-corrected chi connectivity index (χ1v) is 6.81. The van der Waals surface area contributed by atoms with E-state index in [-0.39, 0.29) is 11.9 Å². The fourth-order valence-corrected chi connectivity index (χ4v) is 2.46. The summed E-state index contributed by atoms with van der Waals surface area (Å²) in [5.41, 5.74) is 2.37. The Balaban J connectivity index is 1.52. The van der Waals surface area contributed by atoms with Gasteiger partial charge in [-0.25, -0.2) is 0 Å². The van der Waals surface area contributed by atoms with Gasteiger partial charge in [0.1, 0.15) is 0 Å². The Kier molecular flexibility index (Phi) is 3.22. The Morgan fingerprint density at radius 3 is 3.00 bits per heavy atom. The normalized spacial score (nSPS) is 21.9. The van der Waals surface area contributed by atoms with Crippen LogP contribution < -0.4 is 5.32 Å². The molecule has 3 nitrogen and oxygen atoms in total. The molecule has 1 aliphatic heterocycles. The van der Waals surface area contributed by atoms with Crippen molar-refractivity contribution in [2.24, 2.45) is 11.8 Å². The van der Waals surface area contributed by atoms with Crippen molar-refractivity contribution in [2.45, 2.75) is 25.7 Å². The van der Waals surface area contributed by atoms with E-state index >= 15 is 0 Å². The van der Waals surface area contributed by atoms with Crippen LogP contribution in [0, 0.1) is 11.8 Å². The Hall–Kier alpha value is -1.51. The predicted molar refractivity (Wildman–Crippen MR) is 70.4 cm³/mol. The first kappa shape index (κ1) is 11.6. The van der Waals surface area contributed by atoms with Crippen LogP contribution in [0.1, 0.15) is 24.8 Å². The number of nitrogens with one attached hydrogen (secondary N) is 1. The highest BCUT2D eigenvalue weighted by atomic mass is 16.5. The predicted octanol–water partition coefficient (Wildman–Crippen LogP) is 2.61. The highest BCUT2D eigenvalue weighted by Crippen LogP contribution is 2.32. The molecule has 1 aromatic rings. The maximum atomic E-state index is 11.9. The van der Waals surface area contributed by atoms with Gasteiger partial charge in [0.15, 0.2) is 0 Å². The van der Waals surface area contributed by atoms with Crippen LogP contribution in [-0.4, -0.2) is 19.1 Å². The molecule has 0 spiro atoms. The smallest absolute Gasteiger partial charge is 0.311 e. The van der Waals surface area contributed by atoms with Crippen LogP contribution in [0.4, 0.5) is 5.69 Å². The number of esters is 1. The molecule has 1 N–H and O–H groups in total. The third kappa shape index (κ3) is 2.66. The number of hydrogen-bond acceptors (Lipinski definition) is 3. The quantitative estimate of drug-likeness (QED) is 0.829. The van der Waals surface area contributed by atoms with Gasteiger partial charge in [-0.1, -0.05) is 31.0 Å². The molecular weight excluding hydrogens is 226 g/mol. The number of carbonyl (C=O) groups excluding carboxylic acids is 1.